The van der Waals surface area contributed by atoms with Crippen molar-refractivity contribution in [3.05, 3.63) is 0 Å². The van der Waals surface area contributed by atoms with Gasteiger partial charge in [-0.1, -0.05) is 0 Å². The second-order valence-electron chi connectivity index (χ2n) is 4.52. The maximum Gasteiger partial charge on any atom is 0.0648 e. The van der Waals surface area contributed by atoms with Crippen LogP contribution in [0.4, 0.5) is 0 Å². The van der Waals surface area contributed by atoms with Gasteiger partial charge in [-0.3, -0.25) is 0 Å². The molecule has 2 rings (SSSR count). The van der Waals surface area contributed by atoms with Crippen molar-refractivity contribution in [2.45, 2.75) is 50.4 Å². The summed E-state index contributed by atoms with van der Waals surface area (Å²) in [5.74, 6) is 0. The maximum absolute atomic E-state index is 6.18. The molecule has 3 unspecified atom stereocenters. The Labute approximate surface area is 79.6 Å². The third kappa shape index (κ3) is 2.22. The lowest BCUT2D eigenvalue weighted by Crippen LogP contribution is -2.43. The van der Waals surface area contributed by atoms with Crippen molar-refractivity contribution in [3.63, 3.8) is 0 Å². The van der Waals surface area contributed by atoms with E-state index in [0.29, 0.717) is 18.8 Å². The standard InChI is InChI=1S/C10H19NO2/c1-8-2-3-9(13-8)6-10(11)4-5-12-7-10/h8-9H,2-7,11H2,1H3. The third-order valence-corrected chi connectivity index (χ3v) is 3.09. The minimum atomic E-state index is -0.102. The first-order chi connectivity index (χ1) is 6.18. The van der Waals surface area contributed by atoms with E-state index in [1.165, 1.54) is 12.8 Å². The van der Waals surface area contributed by atoms with E-state index < -0.39 is 0 Å². The smallest absolute Gasteiger partial charge is 0.0648 e. The molecule has 13 heavy (non-hydrogen) atoms. The minimum absolute atomic E-state index is 0.102. The van der Waals surface area contributed by atoms with Gasteiger partial charge in [0.1, 0.15) is 0 Å². The van der Waals surface area contributed by atoms with Gasteiger partial charge in [-0.15, -0.1) is 0 Å². The van der Waals surface area contributed by atoms with Crippen molar-refractivity contribution in [1.82, 2.24) is 0 Å². The lowest BCUT2D eigenvalue weighted by molar-refractivity contribution is 0.0346. The molecule has 2 aliphatic rings. The Morgan fingerprint density at radius 2 is 2.31 bits per heavy atom. The van der Waals surface area contributed by atoms with E-state index in [4.69, 9.17) is 15.2 Å². The summed E-state index contributed by atoms with van der Waals surface area (Å²) in [5, 5.41) is 0. The van der Waals surface area contributed by atoms with Gasteiger partial charge in [0, 0.05) is 12.1 Å². The van der Waals surface area contributed by atoms with Crippen molar-refractivity contribution in [1.29, 1.82) is 0 Å². The Hall–Kier alpha value is -0.120. The molecule has 0 amide bonds. The van der Waals surface area contributed by atoms with Crippen LogP contribution in [0.3, 0.4) is 0 Å². The summed E-state index contributed by atoms with van der Waals surface area (Å²) in [5.41, 5.74) is 6.08. The van der Waals surface area contributed by atoms with Crippen LogP contribution < -0.4 is 5.73 Å². The molecule has 3 heteroatoms. The van der Waals surface area contributed by atoms with Gasteiger partial charge in [0.15, 0.2) is 0 Å². The molecule has 2 aliphatic heterocycles. The van der Waals surface area contributed by atoms with Gasteiger partial charge >= 0.3 is 0 Å². The van der Waals surface area contributed by atoms with Crippen LogP contribution in [0.25, 0.3) is 0 Å². The van der Waals surface area contributed by atoms with E-state index >= 15 is 0 Å². The second-order valence-corrected chi connectivity index (χ2v) is 4.52. The SMILES string of the molecule is CC1CCC(CC2(N)CCOC2)O1. The summed E-state index contributed by atoms with van der Waals surface area (Å²) in [4.78, 5) is 0. The van der Waals surface area contributed by atoms with Gasteiger partial charge in [-0.2, -0.15) is 0 Å². The van der Waals surface area contributed by atoms with E-state index in [-0.39, 0.29) is 5.54 Å². The van der Waals surface area contributed by atoms with Crippen LogP contribution in [0.2, 0.25) is 0 Å². The normalized spacial score (nSPS) is 45.7. The van der Waals surface area contributed by atoms with Crippen LogP contribution in [0.15, 0.2) is 0 Å². The molecule has 76 valence electrons. The van der Waals surface area contributed by atoms with Crippen LogP contribution in [0, 0.1) is 0 Å². The van der Waals surface area contributed by atoms with Crippen molar-refractivity contribution < 1.29 is 9.47 Å². The second kappa shape index (κ2) is 3.56. The quantitative estimate of drug-likeness (QED) is 0.699. The van der Waals surface area contributed by atoms with E-state index in [0.717, 1.165) is 19.4 Å². The molecule has 0 spiro atoms. The predicted octanol–water partition coefficient (Wildman–Crippen LogP) is 1.06. The molecule has 3 atom stereocenters. The molecule has 0 aliphatic carbocycles. The van der Waals surface area contributed by atoms with Crippen molar-refractivity contribution in [2.75, 3.05) is 13.2 Å². The lowest BCUT2D eigenvalue weighted by Gasteiger charge is -2.25. The number of nitrogens with two attached hydrogens (primary N) is 1. The average Bonchev–Trinajstić information content (AvgIpc) is 2.62. The van der Waals surface area contributed by atoms with E-state index in [9.17, 15) is 0 Å². The zero-order valence-electron chi connectivity index (χ0n) is 8.29. The first-order valence-corrected chi connectivity index (χ1v) is 5.20. The molecule has 0 radical (unpaired) electrons. The fraction of sp³-hybridized carbons (Fsp3) is 1.00. The van der Waals surface area contributed by atoms with Crippen molar-refractivity contribution in [3.8, 4) is 0 Å². The molecular weight excluding hydrogens is 166 g/mol. The minimum Gasteiger partial charge on any atom is -0.379 e. The van der Waals surface area contributed by atoms with Crippen LogP contribution in [0.5, 0.6) is 0 Å². The number of hydrogen-bond donors (Lipinski definition) is 1. The highest BCUT2D eigenvalue weighted by molar-refractivity contribution is 4.91. The molecule has 0 bridgehead atoms. The molecule has 0 aromatic heterocycles. The fourth-order valence-electron chi connectivity index (χ4n) is 2.27. The first kappa shape index (κ1) is 9.44. The Morgan fingerprint density at radius 1 is 1.46 bits per heavy atom. The van der Waals surface area contributed by atoms with E-state index in [2.05, 4.69) is 6.92 Å². The van der Waals surface area contributed by atoms with E-state index in [1.807, 2.05) is 0 Å². The molecule has 0 aromatic carbocycles. The zero-order valence-corrected chi connectivity index (χ0v) is 8.29. The zero-order chi connectivity index (χ0) is 9.31. The molecule has 2 N–H and O–H groups in total. The van der Waals surface area contributed by atoms with Crippen molar-refractivity contribution >= 4 is 0 Å². The molecule has 2 heterocycles. The largest absolute Gasteiger partial charge is 0.379 e. The predicted molar refractivity (Wildman–Crippen MR) is 50.5 cm³/mol. The van der Waals surface area contributed by atoms with Crippen LogP contribution in [-0.2, 0) is 9.47 Å². The van der Waals surface area contributed by atoms with Crippen LogP contribution in [-0.4, -0.2) is 31.0 Å². The molecule has 0 aromatic rings. The Bertz CT molecular complexity index is 178. The summed E-state index contributed by atoms with van der Waals surface area (Å²) < 4.78 is 11.1. The molecule has 0 saturated carbocycles. The fourth-order valence-corrected chi connectivity index (χ4v) is 2.27. The third-order valence-electron chi connectivity index (χ3n) is 3.09. The van der Waals surface area contributed by atoms with Gasteiger partial charge in [0.2, 0.25) is 0 Å². The lowest BCUT2D eigenvalue weighted by atomic mass is 9.91. The first-order valence-electron chi connectivity index (χ1n) is 5.20. The van der Waals surface area contributed by atoms with Gasteiger partial charge in [-0.25, -0.2) is 0 Å². The highest BCUT2D eigenvalue weighted by atomic mass is 16.5. The van der Waals surface area contributed by atoms with E-state index in [1.54, 1.807) is 0 Å². The van der Waals surface area contributed by atoms with Gasteiger partial charge < -0.3 is 15.2 Å². The Balaban J connectivity index is 1.83. The highest BCUT2D eigenvalue weighted by Gasteiger charge is 2.35. The number of ether oxygens (including phenoxy) is 2. The highest BCUT2D eigenvalue weighted by Crippen LogP contribution is 2.29. The number of rotatable bonds is 2. The summed E-state index contributed by atoms with van der Waals surface area (Å²) in [6, 6.07) is 0. The monoisotopic (exact) mass is 185 g/mol. The maximum atomic E-state index is 6.18. The van der Waals surface area contributed by atoms with Gasteiger partial charge in [-0.05, 0) is 32.6 Å². The molecule has 3 nitrogen and oxygen atoms in total. The van der Waals surface area contributed by atoms with Crippen LogP contribution in [0.1, 0.15) is 32.6 Å². The Morgan fingerprint density at radius 3 is 2.85 bits per heavy atom. The topological polar surface area (TPSA) is 44.5 Å². The summed E-state index contributed by atoms with van der Waals surface area (Å²) >= 11 is 0. The summed E-state index contributed by atoms with van der Waals surface area (Å²) in [7, 11) is 0. The van der Waals surface area contributed by atoms with Gasteiger partial charge in [0.05, 0.1) is 18.8 Å². The summed E-state index contributed by atoms with van der Waals surface area (Å²) in [6.45, 7) is 3.66. The number of hydrogen-bond acceptors (Lipinski definition) is 3. The summed E-state index contributed by atoms with van der Waals surface area (Å²) in [6.07, 6.45) is 5.11. The van der Waals surface area contributed by atoms with Crippen molar-refractivity contribution in [2.24, 2.45) is 5.73 Å². The molecule has 2 fully saturated rings. The van der Waals surface area contributed by atoms with Crippen LogP contribution >= 0.6 is 0 Å². The molecular formula is C10H19NO2. The average molecular weight is 185 g/mol. The Kier molecular flexibility index (Phi) is 2.58. The molecule has 2 saturated heterocycles. The van der Waals surface area contributed by atoms with Gasteiger partial charge in [0.25, 0.3) is 0 Å².